The molecular formula is C17H17N3O. The zero-order chi connectivity index (χ0) is 14.2. The molecule has 2 aliphatic rings. The molecule has 4 rings (SSSR count). The van der Waals surface area contributed by atoms with Crippen molar-refractivity contribution in [2.24, 2.45) is 0 Å². The van der Waals surface area contributed by atoms with Crippen molar-refractivity contribution in [3.8, 4) is 11.1 Å². The van der Waals surface area contributed by atoms with Gasteiger partial charge in [0.2, 0.25) is 0 Å². The van der Waals surface area contributed by atoms with Gasteiger partial charge in [0.05, 0.1) is 11.3 Å². The highest BCUT2D eigenvalue weighted by Crippen LogP contribution is 2.31. The van der Waals surface area contributed by atoms with Gasteiger partial charge < -0.3 is 15.5 Å². The van der Waals surface area contributed by atoms with Crippen molar-refractivity contribution < 1.29 is 4.79 Å². The summed E-state index contributed by atoms with van der Waals surface area (Å²) in [5.74, 6) is 0.0227. The lowest BCUT2D eigenvalue weighted by atomic mass is 9.99. The number of piperazine rings is 1. The molecule has 2 aromatic carbocycles. The number of rotatable bonds is 1. The second-order valence-corrected chi connectivity index (χ2v) is 5.48. The van der Waals surface area contributed by atoms with Gasteiger partial charge >= 0.3 is 0 Å². The van der Waals surface area contributed by atoms with E-state index in [4.69, 9.17) is 0 Å². The standard InChI is InChI=1S/C17H17N3O/c21-17-14-7-6-13(12-4-2-1-3-5-12)10-15(14)20-9-8-18-11-16(20)19-17/h1-7,10,16,18H,8-9,11H2,(H,19,21). The Labute approximate surface area is 123 Å². The van der Waals surface area contributed by atoms with Gasteiger partial charge in [-0.2, -0.15) is 0 Å². The molecule has 0 aromatic heterocycles. The Morgan fingerprint density at radius 3 is 2.76 bits per heavy atom. The van der Waals surface area contributed by atoms with Crippen molar-refractivity contribution >= 4 is 11.6 Å². The van der Waals surface area contributed by atoms with E-state index >= 15 is 0 Å². The first-order valence-electron chi connectivity index (χ1n) is 7.30. The van der Waals surface area contributed by atoms with Crippen LogP contribution < -0.4 is 15.5 Å². The number of hydrogen-bond donors (Lipinski definition) is 2. The predicted molar refractivity (Wildman–Crippen MR) is 83.3 cm³/mol. The minimum absolute atomic E-state index is 0.0227. The summed E-state index contributed by atoms with van der Waals surface area (Å²) in [6.07, 6.45) is 0.0600. The van der Waals surface area contributed by atoms with Crippen LogP contribution in [0.15, 0.2) is 48.5 Å². The minimum atomic E-state index is 0.0227. The van der Waals surface area contributed by atoms with Crippen LogP contribution in [0.1, 0.15) is 10.4 Å². The average Bonchev–Trinajstić information content (AvgIpc) is 2.55. The third-order valence-electron chi connectivity index (χ3n) is 4.20. The molecule has 1 amide bonds. The smallest absolute Gasteiger partial charge is 0.255 e. The van der Waals surface area contributed by atoms with Crippen LogP contribution >= 0.6 is 0 Å². The fourth-order valence-corrected chi connectivity index (χ4v) is 3.12. The lowest BCUT2D eigenvalue weighted by Gasteiger charge is -2.42. The van der Waals surface area contributed by atoms with E-state index in [1.807, 2.05) is 30.3 Å². The Balaban J connectivity index is 1.81. The monoisotopic (exact) mass is 279 g/mol. The average molecular weight is 279 g/mol. The number of benzene rings is 2. The van der Waals surface area contributed by atoms with Gasteiger partial charge in [0.25, 0.3) is 5.91 Å². The first-order valence-corrected chi connectivity index (χ1v) is 7.30. The molecule has 2 aliphatic heterocycles. The van der Waals surface area contributed by atoms with E-state index in [9.17, 15) is 4.79 Å². The van der Waals surface area contributed by atoms with Gasteiger partial charge in [-0.25, -0.2) is 0 Å². The van der Waals surface area contributed by atoms with Crippen molar-refractivity contribution in [3.63, 3.8) is 0 Å². The summed E-state index contributed by atoms with van der Waals surface area (Å²) < 4.78 is 0. The zero-order valence-corrected chi connectivity index (χ0v) is 11.7. The molecule has 2 heterocycles. The van der Waals surface area contributed by atoms with Crippen LogP contribution in [-0.4, -0.2) is 31.7 Å². The van der Waals surface area contributed by atoms with Crippen LogP contribution in [0.25, 0.3) is 11.1 Å². The second-order valence-electron chi connectivity index (χ2n) is 5.48. The van der Waals surface area contributed by atoms with E-state index in [1.54, 1.807) is 0 Å². The Hall–Kier alpha value is -2.33. The Bertz CT molecular complexity index is 684. The lowest BCUT2D eigenvalue weighted by Crippen LogP contribution is -2.62. The van der Waals surface area contributed by atoms with E-state index in [0.29, 0.717) is 0 Å². The van der Waals surface area contributed by atoms with Crippen molar-refractivity contribution in [2.75, 3.05) is 24.5 Å². The molecule has 4 nitrogen and oxygen atoms in total. The summed E-state index contributed by atoms with van der Waals surface area (Å²) in [5, 5.41) is 6.38. The van der Waals surface area contributed by atoms with Crippen LogP contribution in [0.3, 0.4) is 0 Å². The fourth-order valence-electron chi connectivity index (χ4n) is 3.12. The molecule has 0 bridgehead atoms. The number of anilines is 1. The first-order chi connectivity index (χ1) is 10.3. The molecule has 0 saturated carbocycles. The molecule has 1 atom stereocenters. The topological polar surface area (TPSA) is 44.4 Å². The number of nitrogens with one attached hydrogen (secondary N) is 2. The van der Waals surface area contributed by atoms with E-state index < -0.39 is 0 Å². The van der Waals surface area contributed by atoms with E-state index in [-0.39, 0.29) is 12.1 Å². The van der Waals surface area contributed by atoms with Crippen molar-refractivity contribution in [1.82, 2.24) is 10.6 Å². The lowest BCUT2D eigenvalue weighted by molar-refractivity contribution is 0.0923. The molecule has 1 saturated heterocycles. The largest absolute Gasteiger partial charge is 0.348 e. The number of fused-ring (bicyclic) bond motifs is 3. The number of amides is 1. The van der Waals surface area contributed by atoms with Gasteiger partial charge in [-0.15, -0.1) is 0 Å². The summed E-state index contributed by atoms with van der Waals surface area (Å²) in [7, 11) is 0. The Morgan fingerprint density at radius 1 is 1.05 bits per heavy atom. The molecule has 2 N–H and O–H groups in total. The highest BCUT2D eigenvalue weighted by atomic mass is 16.2. The maximum atomic E-state index is 12.2. The zero-order valence-electron chi connectivity index (χ0n) is 11.7. The molecule has 0 radical (unpaired) electrons. The molecule has 4 heteroatoms. The minimum Gasteiger partial charge on any atom is -0.348 e. The molecule has 1 unspecified atom stereocenters. The molecule has 0 aliphatic carbocycles. The quantitative estimate of drug-likeness (QED) is 0.837. The maximum Gasteiger partial charge on any atom is 0.255 e. The van der Waals surface area contributed by atoms with Crippen LogP contribution in [0.4, 0.5) is 5.69 Å². The fraction of sp³-hybridized carbons (Fsp3) is 0.235. The first kappa shape index (κ1) is 12.4. The highest BCUT2D eigenvalue weighted by molar-refractivity contribution is 6.03. The molecular weight excluding hydrogens is 262 g/mol. The van der Waals surface area contributed by atoms with E-state index in [2.05, 4.69) is 33.7 Å². The Morgan fingerprint density at radius 2 is 1.90 bits per heavy atom. The van der Waals surface area contributed by atoms with E-state index in [1.165, 1.54) is 5.56 Å². The van der Waals surface area contributed by atoms with Gasteiger partial charge in [-0.3, -0.25) is 4.79 Å². The molecule has 106 valence electrons. The predicted octanol–water partition coefficient (Wildman–Crippen LogP) is 1.83. The molecule has 0 spiro atoms. The third-order valence-corrected chi connectivity index (χ3v) is 4.20. The van der Waals surface area contributed by atoms with Gasteiger partial charge in [-0.05, 0) is 23.3 Å². The summed E-state index contributed by atoms with van der Waals surface area (Å²) in [6, 6.07) is 16.4. The van der Waals surface area contributed by atoms with Crippen molar-refractivity contribution in [3.05, 3.63) is 54.1 Å². The van der Waals surface area contributed by atoms with Crippen LogP contribution in [0.5, 0.6) is 0 Å². The summed E-state index contributed by atoms with van der Waals surface area (Å²) in [6.45, 7) is 2.65. The molecule has 21 heavy (non-hydrogen) atoms. The number of hydrogen-bond acceptors (Lipinski definition) is 3. The molecule has 1 fully saturated rings. The summed E-state index contributed by atoms with van der Waals surface area (Å²) >= 11 is 0. The maximum absolute atomic E-state index is 12.2. The summed E-state index contributed by atoms with van der Waals surface area (Å²) in [4.78, 5) is 14.5. The van der Waals surface area contributed by atoms with Crippen LogP contribution in [0, 0.1) is 0 Å². The number of carbonyl (C=O) groups excluding carboxylic acids is 1. The number of carbonyl (C=O) groups is 1. The van der Waals surface area contributed by atoms with Crippen molar-refractivity contribution in [1.29, 1.82) is 0 Å². The summed E-state index contributed by atoms with van der Waals surface area (Å²) in [5.41, 5.74) is 4.15. The molecule has 2 aromatic rings. The normalized spacial score (nSPS) is 20.5. The van der Waals surface area contributed by atoms with Gasteiger partial charge in [0.1, 0.15) is 6.17 Å². The van der Waals surface area contributed by atoms with E-state index in [0.717, 1.165) is 36.4 Å². The second kappa shape index (κ2) is 4.90. The Kier molecular flexibility index (Phi) is 2.89. The van der Waals surface area contributed by atoms with Crippen molar-refractivity contribution in [2.45, 2.75) is 6.17 Å². The van der Waals surface area contributed by atoms with Gasteiger partial charge in [0.15, 0.2) is 0 Å². The van der Waals surface area contributed by atoms with Gasteiger partial charge in [0, 0.05) is 19.6 Å². The van der Waals surface area contributed by atoms with Crippen LogP contribution in [0.2, 0.25) is 0 Å². The third kappa shape index (κ3) is 2.08. The number of nitrogens with zero attached hydrogens (tertiary/aromatic N) is 1. The van der Waals surface area contributed by atoms with Gasteiger partial charge in [-0.1, -0.05) is 36.4 Å². The highest BCUT2D eigenvalue weighted by Gasteiger charge is 2.32. The van der Waals surface area contributed by atoms with Crippen LogP contribution in [-0.2, 0) is 0 Å². The SMILES string of the molecule is O=C1NC2CNCCN2c2cc(-c3ccccc3)ccc21.